The van der Waals surface area contributed by atoms with Crippen LogP contribution in [0.15, 0.2) is 33.5 Å². The molecule has 3 rings (SSSR count). The molecule has 1 saturated heterocycles. The minimum atomic E-state index is -0.795. The molecule has 0 bridgehead atoms. The monoisotopic (exact) mass is 402 g/mol. The first-order chi connectivity index (χ1) is 13.9. The van der Waals surface area contributed by atoms with Crippen LogP contribution >= 0.6 is 0 Å². The Morgan fingerprint density at radius 3 is 2.62 bits per heavy atom. The fraction of sp³-hybridized carbons (Fsp3) is 0.429. The molecule has 2 aromatic rings. The lowest BCUT2D eigenvalue weighted by Gasteiger charge is -2.26. The lowest BCUT2D eigenvalue weighted by molar-refractivity contribution is -0.118. The molecule has 1 unspecified atom stereocenters. The van der Waals surface area contributed by atoms with Crippen molar-refractivity contribution in [1.82, 2.24) is 4.90 Å². The third-order valence-electron chi connectivity index (χ3n) is 5.16. The number of rotatable bonds is 7. The van der Waals surface area contributed by atoms with Gasteiger partial charge >= 0.3 is 0 Å². The number of phenolic OH excluding ortho intramolecular Hbond substituents is 1. The van der Waals surface area contributed by atoms with Crippen molar-refractivity contribution in [2.45, 2.75) is 38.1 Å². The molecular weight excluding hydrogens is 376 g/mol. The molecule has 4 N–H and O–H groups in total. The van der Waals surface area contributed by atoms with Gasteiger partial charge in [0, 0.05) is 12.5 Å². The summed E-state index contributed by atoms with van der Waals surface area (Å²) in [5.74, 6) is -1.44. The van der Waals surface area contributed by atoms with E-state index in [1.807, 2.05) is 0 Å². The highest BCUT2D eigenvalue weighted by molar-refractivity contribution is 5.75. The molecule has 1 atom stereocenters. The van der Waals surface area contributed by atoms with E-state index in [2.05, 4.69) is 4.90 Å². The summed E-state index contributed by atoms with van der Waals surface area (Å²) in [4.78, 5) is 26.3. The molecule has 1 aliphatic rings. The summed E-state index contributed by atoms with van der Waals surface area (Å²) in [5, 5.41) is 20.3. The van der Waals surface area contributed by atoms with Gasteiger partial charge in [0.2, 0.25) is 17.1 Å². The molecule has 29 heavy (non-hydrogen) atoms. The van der Waals surface area contributed by atoms with E-state index in [-0.39, 0.29) is 23.7 Å². The number of aromatic hydroxyl groups is 2. The number of methoxy groups -OCH3 is 1. The minimum absolute atomic E-state index is 0.0175. The molecule has 156 valence electrons. The van der Waals surface area contributed by atoms with Crippen molar-refractivity contribution in [2.24, 2.45) is 5.73 Å². The van der Waals surface area contributed by atoms with Gasteiger partial charge in [0.1, 0.15) is 5.76 Å². The van der Waals surface area contributed by atoms with E-state index in [0.29, 0.717) is 17.9 Å². The van der Waals surface area contributed by atoms with Gasteiger partial charge in [-0.25, -0.2) is 0 Å². The van der Waals surface area contributed by atoms with E-state index >= 15 is 0 Å². The Balaban J connectivity index is 2.02. The largest absolute Gasteiger partial charge is 0.504 e. The number of nitrogens with two attached hydrogens (primary N) is 1. The van der Waals surface area contributed by atoms with E-state index in [4.69, 9.17) is 14.9 Å². The Labute approximate surface area is 168 Å². The summed E-state index contributed by atoms with van der Waals surface area (Å²) in [5.41, 5.74) is 5.36. The highest BCUT2D eigenvalue weighted by atomic mass is 16.5. The average molecular weight is 402 g/mol. The van der Waals surface area contributed by atoms with Gasteiger partial charge < -0.3 is 25.1 Å². The number of hydrogen-bond donors (Lipinski definition) is 3. The van der Waals surface area contributed by atoms with Gasteiger partial charge in [-0.15, -0.1) is 0 Å². The standard InChI is InChI=1S/C21H26N2O6/c1-28-18-9-13(5-6-16(18)24)15(11-19(22)26)21-20(27)17(25)10-14(29-21)12-23-7-3-2-4-8-23/h5-6,9-10,15,24,27H,2-4,7-8,11-12H2,1H3,(H2,22,26). The molecule has 8 nitrogen and oxygen atoms in total. The maximum atomic E-state index is 12.4. The number of primary amides is 1. The summed E-state index contributed by atoms with van der Waals surface area (Å²) in [6.45, 7) is 2.28. The summed E-state index contributed by atoms with van der Waals surface area (Å²) in [6.07, 6.45) is 3.18. The van der Waals surface area contributed by atoms with Gasteiger partial charge in [0.25, 0.3) is 0 Å². The number of carbonyl (C=O) groups is 1. The normalized spacial score (nSPS) is 15.8. The quantitative estimate of drug-likeness (QED) is 0.647. The first kappa shape index (κ1) is 20.7. The number of nitrogens with zero attached hydrogens (tertiary/aromatic N) is 1. The Bertz CT molecular complexity index is 933. The molecule has 1 aliphatic heterocycles. The molecule has 1 aromatic carbocycles. The molecule has 2 heterocycles. The van der Waals surface area contributed by atoms with Gasteiger partial charge in [-0.2, -0.15) is 0 Å². The summed E-state index contributed by atoms with van der Waals surface area (Å²) >= 11 is 0. The lowest BCUT2D eigenvalue weighted by atomic mass is 9.91. The molecule has 1 aromatic heterocycles. The summed E-state index contributed by atoms with van der Waals surface area (Å²) in [7, 11) is 1.40. The molecule has 1 amide bonds. The van der Waals surface area contributed by atoms with Crippen LogP contribution in [0.3, 0.4) is 0 Å². The topological polar surface area (TPSA) is 126 Å². The van der Waals surface area contributed by atoms with Crippen molar-refractivity contribution in [2.75, 3.05) is 20.2 Å². The maximum Gasteiger partial charge on any atom is 0.227 e. The van der Waals surface area contributed by atoms with Gasteiger partial charge in [0.15, 0.2) is 17.3 Å². The second-order valence-electron chi connectivity index (χ2n) is 7.28. The third-order valence-corrected chi connectivity index (χ3v) is 5.16. The van der Waals surface area contributed by atoms with Crippen LogP contribution in [0.1, 0.15) is 48.7 Å². The predicted molar refractivity (Wildman–Crippen MR) is 106 cm³/mol. The van der Waals surface area contributed by atoms with Gasteiger partial charge in [-0.3, -0.25) is 14.5 Å². The molecule has 0 spiro atoms. The molecular formula is C21H26N2O6. The highest BCUT2D eigenvalue weighted by Gasteiger charge is 2.26. The highest BCUT2D eigenvalue weighted by Crippen LogP contribution is 2.37. The number of benzene rings is 1. The van der Waals surface area contributed by atoms with Crippen LogP contribution in [0.5, 0.6) is 17.2 Å². The number of likely N-dealkylation sites (tertiary alicyclic amines) is 1. The van der Waals surface area contributed by atoms with E-state index in [1.54, 1.807) is 6.07 Å². The van der Waals surface area contributed by atoms with E-state index < -0.39 is 23.0 Å². The Morgan fingerprint density at radius 1 is 1.24 bits per heavy atom. The lowest BCUT2D eigenvalue weighted by Crippen LogP contribution is -2.29. The Kier molecular flexibility index (Phi) is 6.43. The SMILES string of the molecule is COc1cc(C(CC(N)=O)c2oc(CN3CCCCC3)cc(=O)c2O)ccc1O. The van der Waals surface area contributed by atoms with E-state index in [0.717, 1.165) is 25.9 Å². The van der Waals surface area contributed by atoms with Crippen LogP contribution in [0.25, 0.3) is 0 Å². The van der Waals surface area contributed by atoms with Crippen LogP contribution in [-0.2, 0) is 11.3 Å². The van der Waals surface area contributed by atoms with Crippen molar-refractivity contribution >= 4 is 5.91 Å². The Morgan fingerprint density at radius 2 is 1.97 bits per heavy atom. The second-order valence-corrected chi connectivity index (χ2v) is 7.28. The van der Waals surface area contributed by atoms with E-state index in [9.17, 15) is 19.8 Å². The Hall–Kier alpha value is -3.00. The fourth-order valence-electron chi connectivity index (χ4n) is 3.68. The molecule has 1 fully saturated rings. The number of ether oxygens (including phenoxy) is 1. The van der Waals surface area contributed by atoms with Crippen LogP contribution in [0.2, 0.25) is 0 Å². The number of carbonyl (C=O) groups excluding carboxylic acids is 1. The predicted octanol–water partition coefficient (Wildman–Crippen LogP) is 2.05. The molecule has 0 radical (unpaired) electrons. The number of amides is 1. The zero-order chi connectivity index (χ0) is 21.0. The van der Waals surface area contributed by atoms with Gasteiger partial charge in [-0.1, -0.05) is 12.5 Å². The number of phenols is 1. The maximum absolute atomic E-state index is 12.4. The number of piperidine rings is 1. The zero-order valence-corrected chi connectivity index (χ0v) is 16.4. The van der Waals surface area contributed by atoms with Gasteiger partial charge in [0.05, 0.1) is 19.6 Å². The van der Waals surface area contributed by atoms with Gasteiger partial charge in [-0.05, 0) is 43.6 Å². The second kappa shape index (κ2) is 9.00. The van der Waals surface area contributed by atoms with Crippen molar-refractivity contribution in [3.63, 3.8) is 0 Å². The number of hydrogen-bond acceptors (Lipinski definition) is 7. The van der Waals surface area contributed by atoms with Crippen molar-refractivity contribution in [3.8, 4) is 17.2 Å². The first-order valence-corrected chi connectivity index (χ1v) is 9.62. The molecule has 0 aliphatic carbocycles. The smallest absolute Gasteiger partial charge is 0.227 e. The van der Waals surface area contributed by atoms with Crippen molar-refractivity contribution in [1.29, 1.82) is 0 Å². The van der Waals surface area contributed by atoms with Crippen molar-refractivity contribution < 1.29 is 24.2 Å². The third kappa shape index (κ3) is 4.89. The van der Waals surface area contributed by atoms with Crippen LogP contribution < -0.4 is 15.9 Å². The zero-order valence-electron chi connectivity index (χ0n) is 16.4. The van der Waals surface area contributed by atoms with Crippen LogP contribution in [-0.4, -0.2) is 41.2 Å². The van der Waals surface area contributed by atoms with Crippen LogP contribution in [0, 0.1) is 0 Å². The van der Waals surface area contributed by atoms with E-state index in [1.165, 1.54) is 31.7 Å². The molecule has 8 heteroatoms. The van der Waals surface area contributed by atoms with Crippen LogP contribution in [0.4, 0.5) is 0 Å². The fourth-order valence-corrected chi connectivity index (χ4v) is 3.68. The molecule has 0 saturated carbocycles. The summed E-state index contributed by atoms with van der Waals surface area (Å²) in [6, 6.07) is 5.79. The summed E-state index contributed by atoms with van der Waals surface area (Å²) < 4.78 is 11.0. The minimum Gasteiger partial charge on any atom is -0.504 e. The average Bonchev–Trinajstić information content (AvgIpc) is 2.70. The van der Waals surface area contributed by atoms with Crippen molar-refractivity contribution in [3.05, 3.63) is 51.6 Å². The first-order valence-electron chi connectivity index (χ1n) is 9.62.